The molecule has 8 nitrogen and oxygen atoms in total. The van der Waals surface area contributed by atoms with Crippen molar-refractivity contribution in [3.05, 3.63) is 77.0 Å². The van der Waals surface area contributed by atoms with Crippen LogP contribution in [0.1, 0.15) is 45.9 Å². The van der Waals surface area contributed by atoms with E-state index in [2.05, 4.69) is 61.2 Å². The van der Waals surface area contributed by atoms with Crippen molar-refractivity contribution in [1.29, 1.82) is 0 Å². The molecule has 3 atom stereocenters. The molecule has 0 saturated carbocycles. The molecule has 1 aromatic heterocycles. The maximum Gasteiger partial charge on any atom is 0.354 e. The first-order valence-electron chi connectivity index (χ1n) is 13.5. The number of sulfonamides is 1. The molecule has 208 valence electrons. The lowest BCUT2D eigenvalue weighted by Crippen LogP contribution is -2.67. The maximum atomic E-state index is 13.8. The Kier molecular flexibility index (Phi) is 7.70. The zero-order valence-electron chi connectivity index (χ0n) is 23.0. The molecule has 0 spiro atoms. The van der Waals surface area contributed by atoms with E-state index in [4.69, 9.17) is 4.74 Å². The van der Waals surface area contributed by atoms with Crippen molar-refractivity contribution in [2.24, 2.45) is 7.05 Å². The Morgan fingerprint density at radius 1 is 1.03 bits per heavy atom. The lowest BCUT2D eigenvalue weighted by Gasteiger charge is -2.57. The number of rotatable bonds is 6. The van der Waals surface area contributed by atoms with Gasteiger partial charge in [0.05, 0.1) is 13.7 Å². The van der Waals surface area contributed by atoms with Crippen molar-refractivity contribution in [1.82, 2.24) is 13.8 Å². The Bertz CT molecular complexity index is 1460. The molecule has 2 aromatic carbocycles. The molecule has 0 aliphatic carbocycles. The number of nitrogens with zero attached hydrogens (tertiary/aromatic N) is 3. The van der Waals surface area contributed by atoms with Crippen molar-refractivity contribution in [3.63, 3.8) is 0 Å². The van der Waals surface area contributed by atoms with Crippen LogP contribution in [-0.2, 0) is 21.8 Å². The van der Waals surface area contributed by atoms with Gasteiger partial charge in [-0.15, -0.1) is 0 Å². The fraction of sp³-hybridized carbons (Fsp3) is 0.433. The summed E-state index contributed by atoms with van der Waals surface area (Å²) in [4.78, 5) is 14.4. The second-order valence-corrected chi connectivity index (χ2v) is 12.5. The van der Waals surface area contributed by atoms with Crippen molar-refractivity contribution in [2.45, 2.75) is 49.7 Å². The van der Waals surface area contributed by atoms with Gasteiger partial charge in [0.15, 0.2) is 5.03 Å². The van der Waals surface area contributed by atoms with E-state index in [1.165, 1.54) is 40.5 Å². The predicted octanol–water partition coefficient (Wildman–Crippen LogP) is 3.71. The smallest absolute Gasteiger partial charge is 0.354 e. The van der Waals surface area contributed by atoms with Gasteiger partial charge in [-0.25, -0.2) is 13.2 Å². The van der Waals surface area contributed by atoms with Gasteiger partial charge >= 0.3 is 5.97 Å². The van der Waals surface area contributed by atoms with Gasteiger partial charge in [-0.2, -0.15) is 4.31 Å². The first-order chi connectivity index (χ1) is 18.7. The van der Waals surface area contributed by atoms with Crippen molar-refractivity contribution >= 4 is 16.0 Å². The zero-order chi connectivity index (χ0) is 27.9. The van der Waals surface area contributed by atoms with E-state index in [1.807, 2.05) is 0 Å². The molecule has 2 aliphatic heterocycles. The van der Waals surface area contributed by atoms with Crippen LogP contribution in [0.3, 0.4) is 0 Å². The molecule has 3 aromatic rings. The topological polar surface area (TPSA) is 92.1 Å². The lowest BCUT2D eigenvalue weighted by molar-refractivity contribution is -0.0554. The number of esters is 1. The second kappa shape index (κ2) is 10.9. The summed E-state index contributed by atoms with van der Waals surface area (Å²) in [5.74, 6) is -0.565. The van der Waals surface area contributed by atoms with Gasteiger partial charge in [0.2, 0.25) is 0 Å². The number of carbonyl (C=O) groups excluding carboxylic acids is 1. The fourth-order valence-corrected chi connectivity index (χ4v) is 7.94. The second-order valence-electron chi connectivity index (χ2n) is 10.6. The van der Waals surface area contributed by atoms with Crippen LogP contribution < -0.4 is 0 Å². The summed E-state index contributed by atoms with van der Waals surface area (Å²) < 4.78 is 35.4. The zero-order valence-corrected chi connectivity index (χ0v) is 23.8. The first-order valence-corrected chi connectivity index (χ1v) is 14.9. The number of fused-ring (bicyclic) bond motifs is 1. The van der Waals surface area contributed by atoms with Crippen LogP contribution in [-0.4, -0.2) is 78.7 Å². The number of aromatic nitrogens is 1. The predicted molar refractivity (Wildman–Crippen MR) is 150 cm³/mol. The highest BCUT2D eigenvalue weighted by atomic mass is 32.2. The SMILES string of the molecule is COC(=O)c1ccc(S(=O)(=O)N2CCCCN3[C@H](CO)[C@@H](c4ccc(-c5cccc(C)c5C)cc4)[C@@H]3C2)n1C. The molecule has 0 bridgehead atoms. The number of aryl methyl sites for hydroxylation is 1. The summed E-state index contributed by atoms with van der Waals surface area (Å²) >= 11 is 0. The molecule has 0 unspecified atom stereocenters. The third-order valence-corrected chi connectivity index (χ3v) is 10.6. The highest BCUT2D eigenvalue weighted by Crippen LogP contribution is 2.43. The van der Waals surface area contributed by atoms with Gasteiger partial charge in [0, 0.05) is 38.1 Å². The minimum atomic E-state index is -3.86. The van der Waals surface area contributed by atoms with E-state index in [1.54, 1.807) is 11.4 Å². The largest absolute Gasteiger partial charge is 0.464 e. The first kappa shape index (κ1) is 27.6. The van der Waals surface area contributed by atoms with Gasteiger partial charge in [0.1, 0.15) is 5.69 Å². The summed E-state index contributed by atoms with van der Waals surface area (Å²) in [6.45, 7) is 5.83. The van der Waals surface area contributed by atoms with Crippen molar-refractivity contribution in [2.75, 3.05) is 33.4 Å². The van der Waals surface area contributed by atoms with Crippen LogP contribution in [0.5, 0.6) is 0 Å². The Morgan fingerprint density at radius 2 is 1.74 bits per heavy atom. The molecular weight excluding hydrogens is 514 g/mol. The van der Waals surface area contributed by atoms with E-state index in [0.717, 1.165) is 30.5 Å². The number of hydrogen-bond donors (Lipinski definition) is 1. The number of aliphatic hydroxyl groups is 1. The van der Waals surface area contributed by atoms with Crippen molar-refractivity contribution in [3.8, 4) is 11.1 Å². The minimum absolute atomic E-state index is 0.0116. The van der Waals surface area contributed by atoms with Gasteiger partial charge in [0.25, 0.3) is 10.0 Å². The highest BCUT2D eigenvalue weighted by molar-refractivity contribution is 7.89. The summed E-state index contributed by atoms with van der Waals surface area (Å²) in [5.41, 5.74) is 6.14. The Labute approximate surface area is 230 Å². The number of benzene rings is 2. The molecule has 9 heteroatoms. The summed E-state index contributed by atoms with van der Waals surface area (Å²) in [6.07, 6.45) is 1.57. The Morgan fingerprint density at radius 3 is 2.44 bits per heavy atom. The third-order valence-electron chi connectivity index (χ3n) is 8.62. The molecule has 39 heavy (non-hydrogen) atoms. The molecule has 0 radical (unpaired) electrons. The van der Waals surface area contributed by atoms with Gasteiger partial charge < -0.3 is 14.4 Å². The monoisotopic (exact) mass is 551 g/mol. The standard InChI is InChI=1S/C30H37N3O5S/c1-20-8-7-9-24(21(20)2)22-10-12-23(13-11-22)29-26-18-32(16-5-6-17-33(26)27(29)19-34)39(36,37)28-15-14-25(31(28)3)30(35)38-4/h7-15,26-27,29,34H,5-6,16-19H2,1-4H3/t26-,27+,29-/m0/s1. The normalized spacial score (nSPS) is 22.4. The van der Waals surface area contributed by atoms with Crippen LogP contribution in [0.4, 0.5) is 0 Å². The molecule has 0 amide bonds. The summed E-state index contributed by atoms with van der Waals surface area (Å²) in [6, 6.07) is 17.7. The minimum Gasteiger partial charge on any atom is -0.464 e. The van der Waals surface area contributed by atoms with Crippen LogP contribution in [0.2, 0.25) is 0 Å². The lowest BCUT2D eigenvalue weighted by atomic mass is 9.74. The number of ether oxygens (including phenoxy) is 1. The molecule has 1 N–H and O–H groups in total. The average molecular weight is 552 g/mol. The Hall–Kier alpha value is -2.98. The summed E-state index contributed by atoms with van der Waals surface area (Å²) in [5, 5.41) is 10.4. The van der Waals surface area contributed by atoms with Crippen LogP contribution in [0.25, 0.3) is 11.1 Å². The van der Waals surface area contributed by atoms with Crippen LogP contribution in [0.15, 0.2) is 59.6 Å². The van der Waals surface area contributed by atoms with Crippen LogP contribution >= 0.6 is 0 Å². The summed E-state index contributed by atoms with van der Waals surface area (Å²) in [7, 11) is -1.01. The van der Waals surface area contributed by atoms with Gasteiger partial charge in [-0.3, -0.25) is 4.90 Å². The third kappa shape index (κ3) is 4.82. The average Bonchev–Trinajstić information content (AvgIpc) is 3.31. The molecule has 2 aliphatic rings. The quantitative estimate of drug-likeness (QED) is 0.470. The maximum absolute atomic E-state index is 13.8. The van der Waals surface area contributed by atoms with E-state index in [0.29, 0.717) is 13.1 Å². The van der Waals surface area contributed by atoms with Gasteiger partial charge in [-0.05, 0) is 73.2 Å². The highest BCUT2D eigenvalue weighted by Gasteiger charge is 2.50. The van der Waals surface area contributed by atoms with Crippen LogP contribution in [0, 0.1) is 13.8 Å². The van der Waals surface area contributed by atoms with E-state index >= 15 is 0 Å². The number of carbonyl (C=O) groups is 1. The molecule has 2 saturated heterocycles. The van der Waals surface area contributed by atoms with Crippen molar-refractivity contribution < 1.29 is 23.1 Å². The number of hydrogen-bond acceptors (Lipinski definition) is 6. The number of methoxy groups -OCH3 is 1. The molecule has 3 heterocycles. The fourth-order valence-electron chi connectivity index (χ4n) is 6.27. The van der Waals surface area contributed by atoms with E-state index in [9.17, 15) is 18.3 Å². The van der Waals surface area contributed by atoms with E-state index in [-0.39, 0.29) is 35.3 Å². The van der Waals surface area contributed by atoms with Gasteiger partial charge in [-0.1, -0.05) is 42.5 Å². The number of aliphatic hydroxyl groups excluding tert-OH is 1. The molecular formula is C30H37N3O5S. The van der Waals surface area contributed by atoms with E-state index < -0.39 is 16.0 Å². The molecule has 5 rings (SSSR count). The Balaban J connectivity index is 1.44. The molecule has 2 fully saturated rings.